The Labute approximate surface area is 170 Å². The molecular weight excluding hydrogens is 416 g/mol. The second-order valence-electron chi connectivity index (χ2n) is 6.30. The van der Waals surface area contributed by atoms with Gasteiger partial charge in [-0.1, -0.05) is 0 Å². The molecule has 1 aliphatic heterocycles. The lowest BCUT2D eigenvalue weighted by atomic mass is 10.3. The molecule has 1 aromatic carbocycles. The van der Waals surface area contributed by atoms with E-state index in [9.17, 15) is 18.5 Å². The van der Waals surface area contributed by atoms with Gasteiger partial charge in [0.25, 0.3) is 5.69 Å². The summed E-state index contributed by atoms with van der Waals surface area (Å²) in [6.45, 7) is 0.809. The van der Waals surface area contributed by atoms with Crippen molar-refractivity contribution in [2.45, 2.75) is 27.8 Å². The first-order valence-corrected chi connectivity index (χ1v) is 11.0. The molecule has 0 amide bonds. The highest BCUT2D eigenvalue weighted by atomic mass is 32.2. The minimum atomic E-state index is -3.86. The molecular formula is C17H16N6O4S2. The van der Waals surface area contributed by atoms with Gasteiger partial charge in [0.05, 0.1) is 4.92 Å². The maximum atomic E-state index is 13.1. The van der Waals surface area contributed by atoms with Gasteiger partial charge in [-0.25, -0.2) is 13.4 Å². The Hall–Kier alpha value is -2.83. The normalized spacial score (nSPS) is 14.9. The zero-order valence-electron chi connectivity index (χ0n) is 15.1. The van der Waals surface area contributed by atoms with E-state index in [4.69, 9.17) is 0 Å². The lowest BCUT2D eigenvalue weighted by Crippen LogP contribution is -2.28. The van der Waals surface area contributed by atoms with Gasteiger partial charge in [0.2, 0.25) is 15.2 Å². The highest BCUT2D eigenvalue weighted by molar-refractivity contribution is 8.00. The minimum absolute atomic E-state index is 0.103. The van der Waals surface area contributed by atoms with Crippen LogP contribution in [0.4, 0.5) is 5.69 Å². The maximum absolute atomic E-state index is 13.1. The fraction of sp³-hybridized carbons (Fsp3) is 0.235. The average molecular weight is 432 g/mol. The van der Waals surface area contributed by atoms with E-state index in [-0.39, 0.29) is 10.6 Å². The number of aromatic nitrogens is 4. The molecule has 1 saturated heterocycles. The summed E-state index contributed by atoms with van der Waals surface area (Å²) >= 11 is 1.04. The number of pyridine rings is 1. The molecule has 0 spiro atoms. The zero-order valence-corrected chi connectivity index (χ0v) is 16.7. The van der Waals surface area contributed by atoms with E-state index < -0.39 is 14.9 Å². The summed E-state index contributed by atoms with van der Waals surface area (Å²) in [6, 6.07) is 7.34. The van der Waals surface area contributed by atoms with E-state index in [1.807, 2.05) is 0 Å². The van der Waals surface area contributed by atoms with Crippen molar-refractivity contribution in [2.75, 3.05) is 13.1 Å². The Kier molecular flexibility index (Phi) is 5.30. The molecule has 0 radical (unpaired) electrons. The highest BCUT2D eigenvalue weighted by Crippen LogP contribution is 2.36. The number of aromatic amines is 1. The average Bonchev–Trinajstić information content (AvgIpc) is 3.41. The van der Waals surface area contributed by atoms with Crippen LogP contribution >= 0.6 is 11.8 Å². The van der Waals surface area contributed by atoms with Gasteiger partial charge in [-0.05, 0) is 42.8 Å². The molecule has 3 heterocycles. The zero-order chi connectivity index (χ0) is 20.4. The molecule has 10 nitrogen and oxygen atoms in total. The Morgan fingerprint density at radius 1 is 1.14 bits per heavy atom. The number of nitro benzene ring substituents is 1. The molecule has 0 saturated carbocycles. The predicted molar refractivity (Wildman–Crippen MR) is 105 cm³/mol. The number of hydrogen-bond donors (Lipinski definition) is 1. The third kappa shape index (κ3) is 3.99. The summed E-state index contributed by atoms with van der Waals surface area (Å²) in [6.07, 6.45) is 4.79. The first-order chi connectivity index (χ1) is 13.9. The van der Waals surface area contributed by atoms with Crippen LogP contribution in [-0.2, 0) is 10.0 Å². The van der Waals surface area contributed by atoms with E-state index in [1.54, 1.807) is 24.5 Å². The van der Waals surface area contributed by atoms with Gasteiger partial charge in [0.1, 0.15) is 4.90 Å². The first-order valence-electron chi connectivity index (χ1n) is 8.74. The number of non-ortho nitro benzene ring substituents is 1. The molecule has 3 aromatic rings. The molecule has 1 aliphatic rings. The predicted octanol–water partition coefficient (Wildman–Crippen LogP) is 2.71. The van der Waals surface area contributed by atoms with Crippen LogP contribution in [-0.4, -0.2) is 50.9 Å². The molecule has 0 atom stereocenters. The van der Waals surface area contributed by atoms with Crippen LogP contribution in [0, 0.1) is 10.1 Å². The molecule has 0 unspecified atom stereocenters. The van der Waals surface area contributed by atoms with E-state index in [1.165, 1.54) is 16.4 Å². The van der Waals surface area contributed by atoms with Crippen LogP contribution in [0.1, 0.15) is 12.8 Å². The van der Waals surface area contributed by atoms with Gasteiger partial charge in [-0.15, -0.1) is 5.10 Å². The molecule has 1 N–H and O–H groups in total. The summed E-state index contributed by atoms with van der Waals surface area (Å²) in [5.41, 5.74) is 0.507. The second kappa shape index (κ2) is 7.89. The molecule has 12 heteroatoms. The smallest absolute Gasteiger partial charge is 0.265 e. The minimum Gasteiger partial charge on any atom is -0.265 e. The fourth-order valence-electron chi connectivity index (χ4n) is 2.99. The molecule has 4 rings (SSSR count). The lowest BCUT2D eigenvalue weighted by Gasteiger charge is -2.17. The van der Waals surface area contributed by atoms with Gasteiger partial charge in [0.15, 0.2) is 5.82 Å². The number of benzene rings is 1. The second-order valence-corrected chi connectivity index (χ2v) is 9.22. The summed E-state index contributed by atoms with van der Waals surface area (Å²) in [5, 5.41) is 18.4. The van der Waals surface area contributed by atoms with Crippen molar-refractivity contribution in [2.24, 2.45) is 0 Å². The summed E-state index contributed by atoms with van der Waals surface area (Å²) < 4.78 is 27.5. The van der Waals surface area contributed by atoms with E-state index in [2.05, 4.69) is 20.2 Å². The largest absolute Gasteiger partial charge is 0.270 e. The van der Waals surface area contributed by atoms with Gasteiger partial charge in [-0.3, -0.25) is 20.2 Å². The van der Waals surface area contributed by atoms with Crippen LogP contribution in [0.15, 0.2) is 57.7 Å². The molecule has 2 aromatic heterocycles. The standard InChI is InChI=1S/C17H16N6O4S2/c24-23(25)13-3-4-14(15(11-13)29(26,27)22-9-1-2-10-22)28-17-19-16(20-21-17)12-5-7-18-8-6-12/h3-8,11H,1-2,9-10H2,(H,19,20,21). The Morgan fingerprint density at radius 3 is 2.55 bits per heavy atom. The maximum Gasteiger partial charge on any atom is 0.270 e. The monoisotopic (exact) mass is 432 g/mol. The number of nitro groups is 1. The third-order valence-electron chi connectivity index (χ3n) is 4.44. The van der Waals surface area contributed by atoms with Crippen LogP contribution < -0.4 is 0 Å². The molecule has 150 valence electrons. The van der Waals surface area contributed by atoms with Crippen LogP contribution in [0.3, 0.4) is 0 Å². The van der Waals surface area contributed by atoms with Crippen LogP contribution in [0.25, 0.3) is 11.4 Å². The molecule has 0 aliphatic carbocycles. The van der Waals surface area contributed by atoms with E-state index >= 15 is 0 Å². The molecule has 29 heavy (non-hydrogen) atoms. The lowest BCUT2D eigenvalue weighted by molar-refractivity contribution is -0.385. The third-order valence-corrected chi connectivity index (χ3v) is 7.45. The summed E-state index contributed by atoms with van der Waals surface area (Å²) in [7, 11) is -3.86. The van der Waals surface area contributed by atoms with Gasteiger partial charge < -0.3 is 0 Å². The van der Waals surface area contributed by atoms with Crippen molar-refractivity contribution in [3.8, 4) is 11.4 Å². The quantitative estimate of drug-likeness (QED) is 0.464. The summed E-state index contributed by atoms with van der Waals surface area (Å²) in [5.74, 6) is 0.515. The molecule has 1 fully saturated rings. The Morgan fingerprint density at radius 2 is 1.86 bits per heavy atom. The fourth-order valence-corrected chi connectivity index (χ4v) is 5.76. The van der Waals surface area contributed by atoms with E-state index in [0.29, 0.717) is 29.0 Å². The van der Waals surface area contributed by atoms with Crippen molar-refractivity contribution in [3.05, 3.63) is 52.8 Å². The molecule has 0 bridgehead atoms. The Balaban J connectivity index is 1.70. The van der Waals surface area contributed by atoms with Crippen molar-refractivity contribution in [1.29, 1.82) is 0 Å². The number of hydrogen-bond acceptors (Lipinski definition) is 8. The van der Waals surface area contributed by atoms with Crippen molar-refractivity contribution < 1.29 is 13.3 Å². The topological polar surface area (TPSA) is 135 Å². The van der Waals surface area contributed by atoms with Crippen molar-refractivity contribution >= 4 is 27.5 Å². The number of rotatable bonds is 6. The first kappa shape index (κ1) is 19.5. The van der Waals surface area contributed by atoms with Crippen LogP contribution in [0.5, 0.6) is 0 Å². The highest BCUT2D eigenvalue weighted by Gasteiger charge is 2.31. The summed E-state index contributed by atoms with van der Waals surface area (Å²) in [4.78, 5) is 19.1. The SMILES string of the molecule is O=[N+]([O-])c1ccc(Sc2n[nH]c(-c3ccncc3)n2)c(S(=O)(=O)N2CCCC2)c1. The van der Waals surface area contributed by atoms with Gasteiger partial charge >= 0.3 is 0 Å². The van der Waals surface area contributed by atoms with Crippen molar-refractivity contribution in [3.63, 3.8) is 0 Å². The number of nitrogens with one attached hydrogen (secondary N) is 1. The number of sulfonamides is 1. The van der Waals surface area contributed by atoms with Crippen LogP contribution in [0.2, 0.25) is 0 Å². The van der Waals surface area contributed by atoms with Crippen molar-refractivity contribution in [1.82, 2.24) is 24.5 Å². The van der Waals surface area contributed by atoms with Gasteiger partial charge in [-0.2, -0.15) is 4.31 Å². The number of nitrogens with zero attached hydrogens (tertiary/aromatic N) is 5. The Bertz CT molecular complexity index is 1140. The van der Waals surface area contributed by atoms with E-state index in [0.717, 1.165) is 36.2 Å². The van der Waals surface area contributed by atoms with Gasteiger partial charge in [0, 0.05) is 48.1 Å². The number of H-pyrrole nitrogens is 1.